The van der Waals surface area contributed by atoms with Crippen LogP contribution in [0.2, 0.25) is 0 Å². The Kier molecular flexibility index (Phi) is 8.84. The molecular formula is C18H39N3. The Labute approximate surface area is 133 Å². The van der Waals surface area contributed by atoms with E-state index in [1.807, 2.05) is 0 Å². The topological polar surface area (TPSA) is 9.72 Å². The zero-order chi connectivity index (χ0) is 15.7. The van der Waals surface area contributed by atoms with Crippen LogP contribution in [0, 0.1) is 0 Å². The van der Waals surface area contributed by atoms with Crippen molar-refractivity contribution < 1.29 is 0 Å². The van der Waals surface area contributed by atoms with E-state index in [0.29, 0.717) is 5.54 Å². The molecule has 0 radical (unpaired) electrons. The van der Waals surface area contributed by atoms with Crippen LogP contribution in [-0.4, -0.2) is 73.6 Å². The average Bonchev–Trinajstić information content (AvgIpc) is 2.49. The molecule has 1 fully saturated rings. The number of hydrogen-bond donors (Lipinski definition) is 0. The lowest BCUT2D eigenvalue weighted by Crippen LogP contribution is -2.56. The van der Waals surface area contributed by atoms with Crippen molar-refractivity contribution in [1.29, 1.82) is 0 Å². The highest BCUT2D eigenvalue weighted by Crippen LogP contribution is 2.29. The van der Waals surface area contributed by atoms with Crippen LogP contribution in [0.4, 0.5) is 0 Å². The van der Waals surface area contributed by atoms with Crippen LogP contribution in [0.25, 0.3) is 0 Å². The second-order valence-corrected chi connectivity index (χ2v) is 7.34. The van der Waals surface area contributed by atoms with Gasteiger partial charge in [-0.25, -0.2) is 0 Å². The molecule has 21 heavy (non-hydrogen) atoms. The number of hydrogen-bond acceptors (Lipinski definition) is 3. The number of likely N-dealkylation sites (N-methyl/N-ethyl adjacent to an activating group) is 1. The summed E-state index contributed by atoms with van der Waals surface area (Å²) in [5.41, 5.74) is 0.444. The summed E-state index contributed by atoms with van der Waals surface area (Å²) in [5.74, 6) is 0. The van der Waals surface area contributed by atoms with Crippen LogP contribution in [0.15, 0.2) is 0 Å². The van der Waals surface area contributed by atoms with Gasteiger partial charge >= 0.3 is 0 Å². The van der Waals surface area contributed by atoms with Crippen LogP contribution in [0.1, 0.15) is 59.3 Å². The second-order valence-electron chi connectivity index (χ2n) is 7.34. The van der Waals surface area contributed by atoms with Crippen molar-refractivity contribution in [2.75, 3.05) is 53.4 Å². The van der Waals surface area contributed by atoms with Gasteiger partial charge in [-0.1, -0.05) is 39.5 Å². The van der Waals surface area contributed by atoms with Crippen molar-refractivity contribution in [1.82, 2.24) is 14.7 Å². The van der Waals surface area contributed by atoms with Crippen molar-refractivity contribution in [3.8, 4) is 0 Å². The number of unbranched alkanes of at least 4 members (excludes halogenated alkanes) is 2. The predicted octanol–water partition coefficient (Wildman–Crippen LogP) is 3.30. The highest BCUT2D eigenvalue weighted by molar-refractivity contribution is 4.89. The molecule has 1 aliphatic heterocycles. The van der Waals surface area contributed by atoms with Crippen molar-refractivity contribution in [2.24, 2.45) is 0 Å². The molecule has 0 atom stereocenters. The number of piperazine rings is 1. The van der Waals surface area contributed by atoms with E-state index >= 15 is 0 Å². The van der Waals surface area contributed by atoms with Crippen LogP contribution in [-0.2, 0) is 0 Å². The summed E-state index contributed by atoms with van der Waals surface area (Å²) in [4.78, 5) is 7.72. The van der Waals surface area contributed by atoms with Gasteiger partial charge < -0.3 is 4.90 Å². The van der Waals surface area contributed by atoms with Crippen molar-refractivity contribution in [2.45, 2.75) is 64.8 Å². The molecule has 0 saturated carbocycles. The molecule has 0 bridgehead atoms. The summed E-state index contributed by atoms with van der Waals surface area (Å²) in [6, 6.07) is 0. The summed E-state index contributed by atoms with van der Waals surface area (Å²) in [7, 11) is 4.34. The lowest BCUT2D eigenvalue weighted by atomic mass is 9.86. The van der Waals surface area contributed by atoms with Crippen LogP contribution in [0.3, 0.4) is 0 Å². The smallest absolute Gasteiger partial charge is 0.0182 e. The summed E-state index contributed by atoms with van der Waals surface area (Å²) in [6.45, 7) is 14.6. The van der Waals surface area contributed by atoms with Gasteiger partial charge in [-0.05, 0) is 33.9 Å². The van der Waals surface area contributed by atoms with Crippen molar-refractivity contribution >= 4 is 0 Å². The second kappa shape index (κ2) is 9.81. The largest absolute Gasteiger partial charge is 0.308 e. The zero-order valence-corrected chi connectivity index (χ0v) is 15.3. The highest BCUT2D eigenvalue weighted by Gasteiger charge is 2.32. The van der Waals surface area contributed by atoms with Gasteiger partial charge in [-0.15, -0.1) is 0 Å². The minimum atomic E-state index is 0.444. The quantitative estimate of drug-likeness (QED) is 0.612. The van der Waals surface area contributed by atoms with E-state index in [1.54, 1.807) is 0 Å². The van der Waals surface area contributed by atoms with E-state index in [2.05, 4.69) is 49.6 Å². The molecule has 1 rings (SSSR count). The first kappa shape index (κ1) is 18.9. The maximum Gasteiger partial charge on any atom is 0.0182 e. The lowest BCUT2D eigenvalue weighted by molar-refractivity contribution is 0.0270. The van der Waals surface area contributed by atoms with Gasteiger partial charge in [0.2, 0.25) is 0 Å². The van der Waals surface area contributed by atoms with Gasteiger partial charge in [0.05, 0.1) is 0 Å². The van der Waals surface area contributed by atoms with Crippen LogP contribution < -0.4 is 0 Å². The van der Waals surface area contributed by atoms with Crippen molar-refractivity contribution in [3.05, 3.63) is 0 Å². The van der Waals surface area contributed by atoms with E-state index < -0.39 is 0 Å². The lowest BCUT2D eigenvalue weighted by Gasteiger charge is -2.46. The van der Waals surface area contributed by atoms with Gasteiger partial charge in [-0.3, -0.25) is 9.80 Å². The molecule has 0 aliphatic carbocycles. The molecule has 0 aromatic carbocycles. The Balaban J connectivity index is 2.46. The highest BCUT2D eigenvalue weighted by atomic mass is 15.3. The Morgan fingerprint density at radius 1 is 0.905 bits per heavy atom. The Bertz CT molecular complexity index is 249. The van der Waals surface area contributed by atoms with E-state index in [1.165, 1.54) is 77.8 Å². The van der Waals surface area contributed by atoms with E-state index in [9.17, 15) is 0 Å². The first-order valence-corrected chi connectivity index (χ1v) is 9.14. The summed E-state index contributed by atoms with van der Waals surface area (Å²) < 4.78 is 0. The standard InChI is InChI=1S/C18H39N3/c1-6-8-10-18(3,11-9-7-2)21-16-14-20(15-17-21)13-12-19(4)5/h6-17H2,1-5H3. The maximum atomic E-state index is 2.80. The van der Waals surface area contributed by atoms with Gasteiger partial charge in [0.1, 0.15) is 0 Å². The third kappa shape index (κ3) is 6.66. The van der Waals surface area contributed by atoms with Gasteiger partial charge in [0, 0.05) is 44.8 Å². The monoisotopic (exact) mass is 297 g/mol. The number of rotatable bonds is 10. The Morgan fingerprint density at radius 3 is 1.86 bits per heavy atom. The third-order valence-corrected chi connectivity index (χ3v) is 5.14. The summed E-state index contributed by atoms with van der Waals surface area (Å²) >= 11 is 0. The summed E-state index contributed by atoms with van der Waals surface area (Å²) in [5, 5.41) is 0. The molecule has 0 spiro atoms. The number of nitrogens with zero attached hydrogens (tertiary/aromatic N) is 3. The molecular weight excluding hydrogens is 258 g/mol. The molecule has 1 aliphatic rings. The fourth-order valence-electron chi connectivity index (χ4n) is 3.41. The van der Waals surface area contributed by atoms with Crippen LogP contribution >= 0.6 is 0 Å². The molecule has 0 aromatic rings. The van der Waals surface area contributed by atoms with Crippen LogP contribution in [0.5, 0.6) is 0 Å². The van der Waals surface area contributed by atoms with E-state index in [0.717, 1.165) is 0 Å². The van der Waals surface area contributed by atoms with Gasteiger partial charge in [0.25, 0.3) is 0 Å². The average molecular weight is 298 g/mol. The Hall–Kier alpha value is -0.120. The van der Waals surface area contributed by atoms with Gasteiger partial charge in [0.15, 0.2) is 0 Å². The zero-order valence-electron chi connectivity index (χ0n) is 15.3. The van der Waals surface area contributed by atoms with E-state index in [4.69, 9.17) is 0 Å². The fourth-order valence-corrected chi connectivity index (χ4v) is 3.41. The minimum Gasteiger partial charge on any atom is -0.308 e. The maximum absolute atomic E-state index is 2.80. The third-order valence-electron chi connectivity index (χ3n) is 5.14. The molecule has 0 N–H and O–H groups in total. The molecule has 126 valence electrons. The fraction of sp³-hybridized carbons (Fsp3) is 1.00. The van der Waals surface area contributed by atoms with E-state index in [-0.39, 0.29) is 0 Å². The molecule has 0 amide bonds. The summed E-state index contributed by atoms with van der Waals surface area (Å²) in [6.07, 6.45) is 8.15. The normalized spacial score (nSPS) is 18.6. The Morgan fingerprint density at radius 2 is 1.43 bits per heavy atom. The SMILES string of the molecule is CCCCC(C)(CCCC)N1CCN(CCN(C)C)CC1. The molecule has 1 heterocycles. The van der Waals surface area contributed by atoms with Gasteiger partial charge in [-0.2, -0.15) is 0 Å². The molecule has 0 unspecified atom stereocenters. The first-order valence-electron chi connectivity index (χ1n) is 9.14. The molecule has 3 heteroatoms. The van der Waals surface area contributed by atoms with Crippen molar-refractivity contribution in [3.63, 3.8) is 0 Å². The molecule has 1 saturated heterocycles. The molecule has 0 aromatic heterocycles. The molecule has 3 nitrogen and oxygen atoms in total. The minimum absolute atomic E-state index is 0.444. The first-order chi connectivity index (χ1) is 10.0. The predicted molar refractivity (Wildman–Crippen MR) is 94.0 cm³/mol.